The molecule has 0 fully saturated rings. The van der Waals surface area contributed by atoms with Gasteiger partial charge in [-0.25, -0.2) is 0 Å². The van der Waals surface area contributed by atoms with Crippen molar-refractivity contribution in [2.45, 2.75) is 6.61 Å². The van der Waals surface area contributed by atoms with E-state index in [1.807, 2.05) is 30.3 Å². The fourth-order valence-electron chi connectivity index (χ4n) is 1.90. The third kappa shape index (κ3) is 4.28. The van der Waals surface area contributed by atoms with E-state index < -0.39 is 10.8 Å². The standard InChI is InChI=1S/C16H13N3O4/c17-8-9-18-16(20)14-10-13(6-7-15(14)19(21)22)23-11-12-4-2-1-3-5-12/h1-7,10H,9,11H2,(H,18,20). The smallest absolute Gasteiger partial charge is 0.282 e. The van der Waals surface area contributed by atoms with Crippen LogP contribution in [0.4, 0.5) is 5.69 Å². The molecule has 0 saturated carbocycles. The molecule has 0 aliphatic rings. The number of hydrogen-bond acceptors (Lipinski definition) is 5. The summed E-state index contributed by atoms with van der Waals surface area (Å²) in [6, 6.07) is 15.1. The molecule has 0 unspecified atom stereocenters. The zero-order valence-corrected chi connectivity index (χ0v) is 12.1. The third-order valence-electron chi connectivity index (χ3n) is 2.99. The molecule has 2 aromatic rings. The first kappa shape index (κ1) is 16.0. The highest BCUT2D eigenvalue weighted by Gasteiger charge is 2.20. The van der Waals surface area contributed by atoms with Crippen LogP contribution in [0.15, 0.2) is 48.5 Å². The molecule has 0 heterocycles. The van der Waals surface area contributed by atoms with Gasteiger partial charge in [-0.1, -0.05) is 30.3 Å². The molecule has 0 aromatic heterocycles. The second-order valence-electron chi connectivity index (χ2n) is 4.55. The summed E-state index contributed by atoms with van der Waals surface area (Å²) in [5.41, 5.74) is 0.449. The summed E-state index contributed by atoms with van der Waals surface area (Å²) in [5.74, 6) is -0.357. The molecule has 0 aliphatic carbocycles. The number of amides is 1. The number of rotatable bonds is 6. The van der Waals surface area contributed by atoms with Gasteiger partial charge in [0.2, 0.25) is 0 Å². The molecule has 0 spiro atoms. The molecule has 1 amide bonds. The molecular weight excluding hydrogens is 298 g/mol. The number of nitrogens with zero attached hydrogens (tertiary/aromatic N) is 2. The normalized spacial score (nSPS) is 9.70. The van der Waals surface area contributed by atoms with Gasteiger partial charge < -0.3 is 10.1 Å². The molecule has 0 saturated heterocycles. The molecule has 7 heteroatoms. The zero-order chi connectivity index (χ0) is 16.7. The Hall–Kier alpha value is -3.40. The van der Waals surface area contributed by atoms with Crippen molar-refractivity contribution in [3.63, 3.8) is 0 Å². The first-order chi connectivity index (χ1) is 11.1. The molecule has 2 aromatic carbocycles. The van der Waals surface area contributed by atoms with Gasteiger partial charge in [-0.3, -0.25) is 14.9 Å². The van der Waals surface area contributed by atoms with E-state index in [0.29, 0.717) is 5.75 Å². The average Bonchev–Trinajstić information content (AvgIpc) is 2.58. The number of carbonyl (C=O) groups excluding carboxylic acids is 1. The Labute approximate surface area is 132 Å². The predicted molar refractivity (Wildman–Crippen MR) is 81.8 cm³/mol. The maximum absolute atomic E-state index is 11.9. The zero-order valence-electron chi connectivity index (χ0n) is 12.1. The van der Waals surface area contributed by atoms with Crippen LogP contribution in [0.3, 0.4) is 0 Å². The molecule has 2 rings (SSSR count). The Balaban J connectivity index is 2.20. The monoisotopic (exact) mass is 311 g/mol. The number of nitrogens with one attached hydrogen (secondary N) is 1. The lowest BCUT2D eigenvalue weighted by Gasteiger charge is -2.08. The van der Waals surface area contributed by atoms with E-state index in [9.17, 15) is 14.9 Å². The number of nitriles is 1. The van der Waals surface area contributed by atoms with Crippen molar-refractivity contribution < 1.29 is 14.5 Å². The number of nitro benzene ring substituents is 1. The van der Waals surface area contributed by atoms with Gasteiger partial charge in [0.25, 0.3) is 11.6 Å². The van der Waals surface area contributed by atoms with Crippen molar-refractivity contribution in [1.82, 2.24) is 5.32 Å². The van der Waals surface area contributed by atoms with Crippen LogP contribution in [0.1, 0.15) is 15.9 Å². The fourth-order valence-corrected chi connectivity index (χ4v) is 1.90. The summed E-state index contributed by atoms with van der Waals surface area (Å²) in [7, 11) is 0. The summed E-state index contributed by atoms with van der Waals surface area (Å²) in [6.45, 7) is 0.0446. The Morgan fingerprint density at radius 3 is 2.65 bits per heavy atom. The van der Waals surface area contributed by atoms with Crippen LogP contribution < -0.4 is 10.1 Å². The number of hydrogen-bond donors (Lipinski definition) is 1. The van der Waals surface area contributed by atoms with Crippen LogP contribution in [-0.2, 0) is 6.61 Å². The molecular formula is C16H13N3O4. The van der Waals surface area contributed by atoms with Crippen molar-refractivity contribution in [2.75, 3.05) is 6.54 Å². The van der Waals surface area contributed by atoms with Gasteiger partial charge in [0.15, 0.2) is 0 Å². The van der Waals surface area contributed by atoms with Gasteiger partial charge in [-0.05, 0) is 17.7 Å². The molecule has 23 heavy (non-hydrogen) atoms. The molecule has 0 atom stereocenters. The number of carbonyl (C=O) groups is 1. The van der Waals surface area contributed by atoms with E-state index in [4.69, 9.17) is 10.00 Å². The maximum atomic E-state index is 11.9. The largest absolute Gasteiger partial charge is 0.489 e. The van der Waals surface area contributed by atoms with Gasteiger partial charge in [-0.2, -0.15) is 5.26 Å². The maximum Gasteiger partial charge on any atom is 0.282 e. The highest BCUT2D eigenvalue weighted by molar-refractivity contribution is 5.98. The van der Waals surface area contributed by atoms with Crippen LogP contribution in [0, 0.1) is 21.4 Å². The van der Waals surface area contributed by atoms with Crippen molar-refractivity contribution in [3.05, 3.63) is 69.8 Å². The minimum Gasteiger partial charge on any atom is -0.489 e. The van der Waals surface area contributed by atoms with Crippen LogP contribution in [0.2, 0.25) is 0 Å². The van der Waals surface area contributed by atoms with Crippen LogP contribution in [0.25, 0.3) is 0 Å². The molecule has 0 radical (unpaired) electrons. The highest BCUT2D eigenvalue weighted by atomic mass is 16.6. The van der Waals surface area contributed by atoms with Crippen molar-refractivity contribution >= 4 is 11.6 Å². The van der Waals surface area contributed by atoms with Crippen LogP contribution in [0.5, 0.6) is 5.75 Å². The Bertz CT molecular complexity index is 754. The highest BCUT2D eigenvalue weighted by Crippen LogP contribution is 2.24. The van der Waals surface area contributed by atoms with E-state index in [2.05, 4.69) is 5.32 Å². The van der Waals surface area contributed by atoms with Gasteiger partial charge in [0.05, 0.1) is 11.0 Å². The Kier molecular flexibility index (Phi) is 5.25. The van der Waals surface area contributed by atoms with Crippen LogP contribution >= 0.6 is 0 Å². The summed E-state index contributed by atoms with van der Waals surface area (Å²) >= 11 is 0. The summed E-state index contributed by atoms with van der Waals surface area (Å²) < 4.78 is 5.55. The quantitative estimate of drug-likeness (QED) is 0.501. The van der Waals surface area contributed by atoms with Crippen molar-refractivity contribution in [2.24, 2.45) is 0 Å². The van der Waals surface area contributed by atoms with Crippen molar-refractivity contribution in [3.8, 4) is 11.8 Å². The molecule has 116 valence electrons. The van der Waals surface area contributed by atoms with Gasteiger partial charge in [0, 0.05) is 6.07 Å². The van der Waals surface area contributed by atoms with E-state index in [0.717, 1.165) is 5.56 Å². The van der Waals surface area contributed by atoms with Gasteiger partial charge in [0.1, 0.15) is 24.5 Å². The molecule has 1 N–H and O–H groups in total. The summed E-state index contributed by atoms with van der Waals surface area (Å²) in [5, 5.41) is 21.8. The first-order valence-electron chi connectivity index (χ1n) is 6.72. The number of benzene rings is 2. The topological polar surface area (TPSA) is 105 Å². The van der Waals surface area contributed by atoms with E-state index >= 15 is 0 Å². The fraction of sp³-hybridized carbons (Fsp3) is 0.125. The Morgan fingerprint density at radius 2 is 2.00 bits per heavy atom. The predicted octanol–water partition coefficient (Wildman–Crippen LogP) is 2.43. The molecule has 7 nitrogen and oxygen atoms in total. The molecule has 0 aliphatic heterocycles. The summed E-state index contributed by atoms with van der Waals surface area (Å²) in [6.07, 6.45) is 0. The number of ether oxygens (including phenoxy) is 1. The SMILES string of the molecule is N#CCNC(=O)c1cc(OCc2ccccc2)ccc1[N+](=O)[O-]. The molecule has 0 bridgehead atoms. The Morgan fingerprint density at radius 1 is 1.26 bits per heavy atom. The lowest BCUT2D eigenvalue weighted by Crippen LogP contribution is -2.24. The van der Waals surface area contributed by atoms with E-state index in [1.54, 1.807) is 6.07 Å². The summed E-state index contributed by atoms with van der Waals surface area (Å²) in [4.78, 5) is 22.3. The average molecular weight is 311 g/mol. The van der Waals surface area contributed by atoms with Gasteiger partial charge >= 0.3 is 0 Å². The minimum atomic E-state index is -0.691. The van der Waals surface area contributed by atoms with Crippen molar-refractivity contribution in [1.29, 1.82) is 5.26 Å². The van der Waals surface area contributed by atoms with Gasteiger partial charge in [-0.15, -0.1) is 0 Å². The second kappa shape index (κ2) is 7.56. The van der Waals surface area contributed by atoms with E-state index in [-0.39, 0.29) is 24.4 Å². The third-order valence-corrected chi connectivity index (χ3v) is 2.99. The lowest BCUT2D eigenvalue weighted by molar-refractivity contribution is -0.385. The number of nitro groups is 1. The second-order valence-corrected chi connectivity index (χ2v) is 4.55. The lowest BCUT2D eigenvalue weighted by atomic mass is 10.1. The van der Waals surface area contributed by atoms with E-state index in [1.165, 1.54) is 18.2 Å². The van der Waals surface area contributed by atoms with Crippen LogP contribution in [-0.4, -0.2) is 17.4 Å². The first-order valence-corrected chi connectivity index (χ1v) is 6.72. The minimum absolute atomic E-state index is 0.143.